The summed E-state index contributed by atoms with van der Waals surface area (Å²) in [6, 6.07) is 17.8. The summed E-state index contributed by atoms with van der Waals surface area (Å²) in [7, 11) is 1.39. The number of esters is 1. The molecular weight excluding hydrogens is 496 g/mol. The number of hydrogen-bond acceptors (Lipinski definition) is 5. The second-order valence-electron chi connectivity index (χ2n) is 8.49. The van der Waals surface area contributed by atoms with Crippen LogP contribution >= 0.6 is 17.0 Å². The average molecular weight is 529 g/mol. The highest BCUT2D eigenvalue weighted by Gasteiger charge is 2.31. The topological polar surface area (TPSA) is 103 Å². The highest BCUT2D eigenvalue weighted by atomic mass is 79.9. The Hall–Kier alpha value is -2.89. The molecule has 1 heterocycles. The van der Waals surface area contributed by atoms with Crippen molar-refractivity contribution in [2.75, 3.05) is 25.5 Å². The van der Waals surface area contributed by atoms with Crippen LogP contribution in [0.25, 0.3) is 0 Å². The zero-order valence-electron chi connectivity index (χ0n) is 19.5. The fraction of sp³-hybridized carbons (Fsp3) is 0.423. The van der Waals surface area contributed by atoms with E-state index in [0.29, 0.717) is 30.0 Å². The summed E-state index contributed by atoms with van der Waals surface area (Å²) in [4.78, 5) is 25.7. The van der Waals surface area contributed by atoms with Gasteiger partial charge in [-0.3, -0.25) is 4.79 Å². The molecule has 3 rings (SSSR count). The van der Waals surface area contributed by atoms with Crippen molar-refractivity contribution in [1.82, 2.24) is 10.6 Å². The van der Waals surface area contributed by atoms with E-state index in [1.807, 2.05) is 30.3 Å². The lowest BCUT2D eigenvalue weighted by Gasteiger charge is -2.29. The number of anilines is 1. The number of piperidine rings is 1. The maximum Gasteiger partial charge on any atom is 0.319 e. The summed E-state index contributed by atoms with van der Waals surface area (Å²) in [6.45, 7) is 2.01. The number of carbonyl (C=O) groups is 2. The van der Waals surface area contributed by atoms with Crippen molar-refractivity contribution in [3.63, 3.8) is 0 Å². The number of nitrogens with zero attached hydrogens (tertiary/aromatic N) is 1. The van der Waals surface area contributed by atoms with Crippen molar-refractivity contribution in [3.8, 4) is 6.07 Å². The Kier molecular flexibility index (Phi) is 11.6. The van der Waals surface area contributed by atoms with Crippen molar-refractivity contribution >= 4 is 34.7 Å². The van der Waals surface area contributed by atoms with E-state index in [4.69, 9.17) is 10.00 Å². The third-order valence-electron chi connectivity index (χ3n) is 6.20. The molecule has 34 heavy (non-hydrogen) atoms. The van der Waals surface area contributed by atoms with Crippen molar-refractivity contribution in [1.29, 1.82) is 5.26 Å². The van der Waals surface area contributed by atoms with Gasteiger partial charge in [-0.2, -0.15) is 5.26 Å². The van der Waals surface area contributed by atoms with Gasteiger partial charge in [0.1, 0.15) is 0 Å². The SMILES string of the molecule is Br.COC(=O)C(Cc1ccccc1)C(CCC1CCNCC1)NC(=O)Nc1cccc(C#N)c1. The second kappa shape index (κ2) is 14.4. The summed E-state index contributed by atoms with van der Waals surface area (Å²) < 4.78 is 5.13. The van der Waals surface area contributed by atoms with Gasteiger partial charge in [0.2, 0.25) is 0 Å². The molecule has 2 aromatic carbocycles. The van der Waals surface area contributed by atoms with Crippen LogP contribution in [0.5, 0.6) is 0 Å². The summed E-state index contributed by atoms with van der Waals surface area (Å²) in [5.74, 6) is -0.266. The molecule has 2 aromatic rings. The second-order valence-corrected chi connectivity index (χ2v) is 8.49. The summed E-state index contributed by atoms with van der Waals surface area (Å²) in [5.41, 5.74) is 2.01. The van der Waals surface area contributed by atoms with Crippen molar-refractivity contribution in [2.45, 2.75) is 38.1 Å². The minimum atomic E-state index is -0.504. The highest BCUT2D eigenvalue weighted by Crippen LogP contribution is 2.24. The van der Waals surface area contributed by atoms with Crippen molar-refractivity contribution < 1.29 is 14.3 Å². The third kappa shape index (κ3) is 8.47. The minimum absolute atomic E-state index is 0. The molecule has 1 aliphatic rings. The molecule has 182 valence electrons. The van der Waals surface area contributed by atoms with E-state index in [1.165, 1.54) is 7.11 Å². The first kappa shape index (κ1) is 27.4. The van der Waals surface area contributed by atoms with Crippen LogP contribution < -0.4 is 16.0 Å². The number of nitrogens with one attached hydrogen (secondary N) is 3. The minimum Gasteiger partial charge on any atom is -0.469 e. The number of amides is 2. The molecule has 1 saturated heterocycles. The van der Waals surface area contributed by atoms with Crippen LogP contribution in [0.1, 0.15) is 36.8 Å². The number of carbonyl (C=O) groups excluding carboxylic acids is 2. The van der Waals surface area contributed by atoms with Crippen LogP contribution in [0.3, 0.4) is 0 Å². The van der Waals surface area contributed by atoms with E-state index in [1.54, 1.807) is 24.3 Å². The molecule has 1 aliphatic heterocycles. The molecule has 1 fully saturated rings. The Labute approximate surface area is 212 Å². The predicted octanol–water partition coefficient (Wildman–Crippen LogP) is 4.44. The molecule has 8 heteroatoms. The number of benzene rings is 2. The number of ether oxygens (including phenoxy) is 1. The molecule has 0 aliphatic carbocycles. The van der Waals surface area contributed by atoms with Crippen LogP contribution in [0.4, 0.5) is 10.5 Å². The zero-order valence-corrected chi connectivity index (χ0v) is 21.2. The molecule has 0 spiro atoms. The van der Waals surface area contributed by atoms with Gasteiger partial charge in [0, 0.05) is 11.7 Å². The van der Waals surface area contributed by atoms with Gasteiger partial charge < -0.3 is 20.7 Å². The predicted molar refractivity (Wildman–Crippen MR) is 138 cm³/mol. The number of methoxy groups -OCH3 is 1. The van der Waals surface area contributed by atoms with E-state index in [9.17, 15) is 9.59 Å². The normalized spacial score (nSPS) is 15.2. The number of nitriles is 1. The van der Waals surface area contributed by atoms with Crippen LogP contribution in [0, 0.1) is 23.2 Å². The first-order valence-corrected chi connectivity index (χ1v) is 11.5. The number of halogens is 1. The van der Waals surface area contributed by atoms with E-state index < -0.39 is 11.9 Å². The standard InChI is InChI=1S/C26H32N4O3.BrH/c1-33-25(31)23(17-20-6-3-2-4-7-20)24(11-10-19-12-14-28-15-13-19)30-26(32)29-22-9-5-8-21(16-22)18-27;/h2-9,16,19,23-24,28H,10-15,17H2,1H3,(H2,29,30,32);1H. The van der Waals surface area contributed by atoms with Gasteiger partial charge in [-0.15, -0.1) is 17.0 Å². The van der Waals surface area contributed by atoms with E-state index >= 15 is 0 Å². The largest absolute Gasteiger partial charge is 0.469 e. The molecule has 3 N–H and O–H groups in total. The zero-order chi connectivity index (χ0) is 23.5. The quantitative estimate of drug-likeness (QED) is 0.417. The van der Waals surface area contributed by atoms with Gasteiger partial charge in [0.15, 0.2) is 0 Å². The lowest BCUT2D eigenvalue weighted by molar-refractivity contribution is -0.146. The van der Waals surface area contributed by atoms with Crippen LogP contribution in [0.15, 0.2) is 54.6 Å². The van der Waals surface area contributed by atoms with Gasteiger partial charge in [0.05, 0.1) is 24.7 Å². The fourth-order valence-corrected chi connectivity index (χ4v) is 4.37. The molecule has 2 atom stereocenters. The first-order chi connectivity index (χ1) is 16.1. The molecule has 7 nitrogen and oxygen atoms in total. The summed E-state index contributed by atoms with van der Waals surface area (Å²) in [5, 5.41) is 18.3. The van der Waals surface area contributed by atoms with Gasteiger partial charge in [0.25, 0.3) is 0 Å². The van der Waals surface area contributed by atoms with E-state index in [-0.39, 0.29) is 29.0 Å². The Morgan fingerprint density at radius 1 is 1.15 bits per heavy atom. The van der Waals surface area contributed by atoms with Crippen LogP contribution in [-0.2, 0) is 16.0 Å². The Bertz CT molecular complexity index is 958. The molecule has 0 saturated carbocycles. The molecule has 2 unspecified atom stereocenters. The number of rotatable bonds is 9. The number of urea groups is 1. The Balaban J connectivity index is 0.00000408. The Morgan fingerprint density at radius 3 is 2.56 bits per heavy atom. The van der Waals surface area contributed by atoms with Gasteiger partial charge >= 0.3 is 12.0 Å². The van der Waals surface area contributed by atoms with Crippen molar-refractivity contribution in [3.05, 3.63) is 65.7 Å². The van der Waals surface area contributed by atoms with Gasteiger partial charge in [-0.05, 0) is 74.9 Å². The smallest absolute Gasteiger partial charge is 0.319 e. The van der Waals surface area contributed by atoms with Crippen molar-refractivity contribution in [2.24, 2.45) is 11.8 Å². The molecule has 0 radical (unpaired) electrons. The van der Waals surface area contributed by atoms with E-state index in [0.717, 1.165) is 37.9 Å². The molecular formula is C26H33BrN4O3. The molecule has 0 aromatic heterocycles. The summed E-state index contributed by atoms with van der Waals surface area (Å²) in [6.07, 6.45) is 4.29. The van der Waals surface area contributed by atoms with Crippen LogP contribution in [0.2, 0.25) is 0 Å². The van der Waals surface area contributed by atoms with E-state index in [2.05, 4.69) is 22.0 Å². The lowest BCUT2D eigenvalue weighted by atomic mass is 9.85. The highest BCUT2D eigenvalue weighted by molar-refractivity contribution is 8.93. The maximum atomic E-state index is 12.9. The molecule has 2 amide bonds. The Morgan fingerprint density at radius 2 is 1.88 bits per heavy atom. The maximum absolute atomic E-state index is 12.9. The summed E-state index contributed by atoms with van der Waals surface area (Å²) >= 11 is 0. The fourth-order valence-electron chi connectivity index (χ4n) is 4.37. The lowest BCUT2D eigenvalue weighted by Crippen LogP contribution is -2.46. The molecule has 0 bridgehead atoms. The monoisotopic (exact) mass is 528 g/mol. The average Bonchev–Trinajstić information content (AvgIpc) is 2.86. The number of hydrogen-bond donors (Lipinski definition) is 3. The third-order valence-corrected chi connectivity index (χ3v) is 6.20. The van der Waals surface area contributed by atoms with Gasteiger partial charge in [-0.25, -0.2) is 4.79 Å². The van der Waals surface area contributed by atoms with Crippen LogP contribution in [-0.4, -0.2) is 38.2 Å². The first-order valence-electron chi connectivity index (χ1n) is 11.5. The van der Waals surface area contributed by atoms with Gasteiger partial charge in [-0.1, -0.05) is 36.4 Å².